The minimum Gasteiger partial charge on any atom is -0.508 e. The largest absolute Gasteiger partial charge is 0.508 e. The summed E-state index contributed by atoms with van der Waals surface area (Å²) in [5.41, 5.74) is 5.05. The van der Waals surface area contributed by atoms with Crippen LogP contribution >= 0.6 is 0 Å². The molecule has 1 aliphatic carbocycles. The van der Waals surface area contributed by atoms with Crippen LogP contribution in [0.4, 0.5) is 17.1 Å². The molecule has 8 heteroatoms. The lowest BCUT2D eigenvalue weighted by atomic mass is 9.68. The topological polar surface area (TPSA) is 130 Å². The number of carbonyl (C=O) groups is 2. The van der Waals surface area contributed by atoms with Crippen molar-refractivity contribution in [3.63, 3.8) is 0 Å². The molecule has 0 unspecified atom stereocenters. The zero-order chi connectivity index (χ0) is 29.8. The van der Waals surface area contributed by atoms with Crippen LogP contribution in [0.25, 0.3) is 6.08 Å². The van der Waals surface area contributed by atoms with Crippen LogP contribution in [0.2, 0.25) is 0 Å². The summed E-state index contributed by atoms with van der Waals surface area (Å²) < 4.78 is 0. The summed E-state index contributed by atoms with van der Waals surface area (Å²) in [6.07, 6.45) is 1.99. The Morgan fingerprint density at radius 2 is 1.62 bits per heavy atom. The second-order valence-corrected chi connectivity index (χ2v) is 11.0. The van der Waals surface area contributed by atoms with Crippen molar-refractivity contribution in [1.29, 1.82) is 0 Å². The Morgan fingerprint density at radius 1 is 0.952 bits per heavy atom. The molecular weight excluding hydrogens is 532 g/mol. The number of benzene rings is 3. The first-order chi connectivity index (χ1) is 20.3. The summed E-state index contributed by atoms with van der Waals surface area (Å²) in [5, 5.41) is 44.7. The van der Waals surface area contributed by atoms with E-state index in [1.165, 1.54) is 4.90 Å². The van der Waals surface area contributed by atoms with E-state index >= 15 is 0 Å². The molecule has 8 nitrogen and oxygen atoms in total. The molecule has 0 spiro atoms. The van der Waals surface area contributed by atoms with E-state index in [-0.39, 0.29) is 24.7 Å². The third-order valence-corrected chi connectivity index (χ3v) is 8.24. The molecule has 42 heavy (non-hydrogen) atoms. The molecule has 0 aromatic heterocycles. The van der Waals surface area contributed by atoms with Gasteiger partial charge in [-0.05, 0) is 91.4 Å². The summed E-state index contributed by atoms with van der Waals surface area (Å²) in [6, 6.07) is 23.5. The quantitative estimate of drug-likeness (QED) is 0.176. The standard InChI is InChI=1S/C34H36N2O6/c1-21(17-22-8-14-27(39)15-9-22)7-16-30(40)31-23(19-37)18-28-32(29(31)20-38)34(42)36(33(28)41)26-12-10-25(11-13-26)35-24-5-3-2-4-6-24/h2-6,8-15,17,28-30,32,35,37-40H,7,16,18-20H2,1H3/b21-17+/t28-,29+,30-,32-/m1/s1. The molecule has 0 saturated carbocycles. The molecule has 3 aromatic rings. The molecule has 1 heterocycles. The third-order valence-electron chi connectivity index (χ3n) is 8.24. The number of allylic oxidation sites excluding steroid dienone is 1. The molecule has 2 aliphatic rings. The number of aromatic hydroxyl groups is 1. The highest BCUT2D eigenvalue weighted by Gasteiger charge is 2.55. The number of anilines is 3. The summed E-state index contributed by atoms with van der Waals surface area (Å²) in [7, 11) is 0. The number of carbonyl (C=O) groups excluding carboxylic acids is 2. The Morgan fingerprint density at radius 3 is 2.26 bits per heavy atom. The van der Waals surface area contributed by atoms with Crippen LogP contribution < -0.4 is 10.2 Å². The first-order valence-electron chi connectivity index (χ1n) is 14.2. The lowest BCUT2D eigenvalue weighted by Gasteiger charge is -2.36. The number of imide groups is 1. The number of aliphatic hydroxyl groups excluding tert-OH is 3. The van der Waals surface area contributed by atoms with Gasteiger partial charge < -0.3 is 25.7 Å². The monoisotopic (exact) mass is 568 g/mol. The van der Waals surface area contributed by atoms with Gasteiger partial charge in [0.25, 0.3) is 0 Å². The highest BCUT2D eigenvalue weighted by Crippen LogP contribution is 2.47. The number of hydrogen-bond acceptors (Lipinski definition) is 7. The van der Waals surface area contributed by atoms with Gasteiger partial charge in [0.2, 0.25) is 11.8 Å². The first-order valence-corrected chi connectivity index (χ1v) is 14.2. The number of phenols is 1. The molecule has 5 N–H and O–H groups in total. The summed E-state index contributed by atoms with van der Waals surface area (Å²) >= 11 is 0. The smallest absolute Gasteiger partial charge is 0.238 e. The molecule has 1 aliphatic heterocycles. The first kappa shape index (κ1) is 29.3. The van der Waals surface area contributed by atoms with Crippen LogP contribution in [-0.2, 0) is 9.59 Å². The van der Waals surface area contributed by atoms with Crippen LogP contribution in [0.1, 0.15) is 31.7 Å². The molecule has 3 aromatic carbocycles. The number of para-hydroxylation sites is 1. The van der Waals surface area contributed by atoms with Crippen LogP contribution in [0, 0.1) is 17.8 Å². The van der Waals surface area contributed by atoms with Gasteiger partial charge in [0.15, 0.2) is 0 Å². The molecule has 218 valence electrons. The van der Waals surface area contributed by atoms with Crippen molar-refractivity contribution in [3.05, 3.63) is 101 Å². The molecule has 2 amide bonds. The highest BCUT2D eigenvalue weighted by atomic mass is 16.3. The average Bonchev–Trinajstić information content (AvgIpc) is 3.25. The lowest BCUT2D eigenvalue weighted by Crippen LogP contribution is -2.39. The molecule has 0 bridgehead atoms. The maximum absolute atomic E-state index is 13.7. The zero-order valence-corrected chi connectivity index (χ0v) is 23.5. The van der Waals surface area contributed by atoms with Gasteiger partial charge in [-0.2, -0.15) is 0 Å². The van der Waals surface area contributed by atoms with E-state index in [4.69, 9.17) is 0 Å². The number of nitrogens with zero attached hydrogens (tertiary/aromatic N) is 1. The number of nitrogens with one attached hydrogen (secondary N) is 1. The molecule has 0 radical (unpaired) electrons. The van der Waals surface area contributed by atoms with Gasteiger partial charge in [0, 0.05) is 17.3 Å². The Balaban J connectivity index is 1.32. The Bertz CT molecular complexity index is 1480. The number of phenolic OH excluding ortho intramolecular Hbond substituents is 1. The maximum atomic E-state index is 13.7. The Hall–Kier alpha value is -4.24. The SMILES string of the molecule is C/C(=C\c1ccc(O)cc1)CC[C@@H](O)C1=C(CO)C[C@H]2C(=O)N(c3ccc(Nc4ccccc4)cc3)C(=O)[C@H]2[C@H]1CO. The van der Waals surface area contributed by atoms with Crippen molar-refractivity contribution in [2.24, 2.45) is 17.8 Å². The van der Waals surface area contributed by atoms with Gasteiger partial charge in [-0.3, -0.25) is 14.5 Å². The van der Waals surface area contributed by atoms with Crippen LogP contribution in [-0.4, -0.2) is 51.6 Å². The Kier molecular flexibility index (Phi) is 8.87. The van der Waals surface area contributed by atoms with E-state index in [0.29, 0.717) is 29.7 Å². The van der Waals surface area contributed by atoms with Crippen molar-refractivity contribution in [2.75, 3.05) is 23.4 Å². The van der Waals surface area contributed by atoms with E-state index in [1.54, 1.807) is 48.5 Å². The van der Waals surface area contributed by atoms with Gasteiger partial charge in [-0.25, -0.2) is 0 Å². The van der Waals surface area contributed by atoms with E-state index in [9.17, 15) is 30.0 Å². The number of hydrogen-bond donors (Lipinski definition) is 5. The molecular formula is C34H36N2O6. The van der Waals surface area contributed by atoms with Crippen molar-refractivity contribution < 1.29 is 30.0 Å². The fourth-order valence-corrected chi connectivity index (χ4v) is 6.19. The van der Waals surface area contributed by atoms with Crippen molar-refractivity contribution in [3.8, 4) is 5.75 Å². The Labute approximate surface area is 245 Å². The predicted octanol–water partition coefficient (Wildman–Crippen LogP) is 4.79. The fraction of sp³-hybridized carbons (Fsp3) is 0.294. The predicted molar refractivity (Wildman–Crippen MR) is 162 cm³/mol. The minimum atomic E-state index is -0.992. The molecule has 4 atom stereocenters. The number of fused-ring (bicyclic) bond motifs is 1. The van der Waals surface area contributed by atoms with Gasteiger partial charge in [-0.1, -0.05) is 42.0 Å². The normalized spacial score (nSPS) is 21.5. The van der Waals surface area contributed by atoms with Crippen molar-refractivity contribution >= 4 is 35.0 Å². The molecule has 5 rings (SSSR count). The van der Waals surface area contributed by atoms with Crippen LogP contribution in [0.15, 0.2) is 95.6 Å². The molecule has 1 saturated heterocycles. The fourth-order valence-electron chi connectivity index (χ4n) is 6.19. The van der Waals surface area contributed by atoms with Gasteiger partial charge in [-0.15, -0.1) is 0 Å². The van der Waals surface area contributed by atoms with Gasteiger partial charge in [0.1, 0.15) is 5.75 Å². The highest BCUT2D eigenvalue weighted by molar-refractivity contribution is 6.22. The zero-order valence-electron chi connectivity index (χ0n) is 23.5. The van der Waals surface area contributed by atoms with Crippen molar-refractivity contribution in [1.82, 2.24) is 0 Å². The van der Waals surface area contributed by atoms with Crippen LogP contribution in [0.3, 0.4) is 0 Å². The number of amides is 2. The number of rotatable bonds is 10. The summed E-state index contributed by atoms with van der Waals surface area (Å²) in [6.45, 7) is 1.15. The van der Waals surface area contributed by atoms with E-state index < -0.39 is 36.4 Å². The maximum Gasteiger partial charge on any atom is 0.238 e. The van der Waals surface area contributed by atoms with Crippen LogP contribution in [0.5, 0.6) is 5.75 Å². The van der Waals surface area contributed by atoms with Gasteiger partial charge in [0.05, 0.1) is 36.8 Å². The second kappa shape index (κ2) is 12.7. The summed E-state index contributed by atoms with van der Waals surface area (Å²) in [4.78, 5) is 28.5. The minimum absolute atomic E-state index is 0.154. The van der Waals surface area contributed by atoms with Gasteiger partial charge >= 0.3 is 0 Å². The summed E-state index contributed by atoms with van der Waals surface area (Å²) in [5.74, 6) is -2.89. The average molecular weight is 569 g/mol. The van der Waals surface area contributed by atoms with E-state index in [2.05, 4.69) is 5.32 Å². The molecule has 1 fully saturated rings. The lowest BCUT2D eigenvalue weighted by molar-refractivity contribution is -0.123. The third kappa shape index (κ3) is 6.01. The van der Waals surface area contributed by atoms with Crippen molar-refractivity contribution in [2.45, 2.75) is 32.3 Å². The van der Waals surface area contributed by atoms with E-state index in [1.807, 2.05) is 43.3 Å². The second-order valence-electron chi connectivity index (χ2n) is 11.0. The van der Waals surface area contributed by atoms with E-state index in [0.717, 1.165) is 22.5 Å². The number of aliphatic hydroxyl groups is 3.